The first-order chi connectivity index (χ1) is 9.65. The molecular weight excluding hydrogens is 270 g/mol. The first kappa shape index (κ1) is 14.9. The molecule has 0 aliphatic heterocycles. The summed E-state index contributed by atoms with van der Waals surface area (Å²) in [5.41, 5.74) is 1.17. The average Bonchev–Trinajstić information content (AvgIpc) is 2.87. The predicted molar refractivity (Wildman–Crippen MR) is 84.0 cm³/mol. The van der Waals surface area contributed by atoms with Crippen LogP contribution in [0, 0.1) is 0 Å². The molecule has 0 saturated heterocycles. The first-order valence-corrected chi connectivity index (χ1v) is 7.59. The molecule has 0 fully saturated rings. The summed E-state index contributed by atoms with van der Waals surface area (Å²) in [6, 6.07) is 10.3. The molecule has 1 atom stereocenters. The van der Waals surface area contributed by atoms with E-state index in [0.29, 0.717) is 0 Å². The molecule has 0 aliphatic rings. The van der Waals surface area contributed by atoms with Crippen molar-refractivity contribution in [2.75, 3.05) is 14.2 Å². The van der Waals surface area contributed by atoms with Crippen molar-refractivity contribution >= 4 is 11.3 Å². The highest BCUT2D eigenvalue weighted by Gasteiger charge is 2.18. The molecule has 1 heterocycles. The van der Waals surface area contributed by atoms with Gasteiger partial charge in [0.1, 0.15) is 11.5 Å². The third-order valence-corrected chi connectivity index (χ3v) is 3.95. The molecule has 1 N–H and O–H groups in total. The normalized spacial score (nSPS) is 12.4. The van der Waals surface area contributed by atoms with Crippen LogP contribution < -0.4 is 14.8 Å². The maximum absolute atomic E-state index is 5.77. The summed E-state index contributed by atoms with van der Waals surface area (Å²) >= 11 is 1.69. The lowest BCUT2D eigenvalue weighted by Crippen LogP contribution is -2.17. The molecule has 0 saturated carbocycles. The number of benzene rings is 1. The van der Waals surface area contributed by atoms with Crippen LogP contribution in [0.15, 0.2) is 35.7 Å². The van der Waals surface area contributed by atoms with Gasteiger partial charge in [-0.15, -0.1) is 11.3 Å². The fraction of sp³-hybridized carbons (Fsp3) is 0.375. The second-order valence-corrected chi connectivity index (χ2v) is 5.76. The number of hydrogen-bond acceptors (Lipinski definition) is 4. The van der Waals surface area contributed by atoms with Gasteiger partial charge in [0, 0.05) is 0 Å². The van der Waals surface area contributed by atoms with Gasteiger partial charge in [-0.3, -0.25) is 0 Å². The van der Waals surface area contributed by atoms with Crippen LogP contribution in [0.1, 0.15) is 30.3 Å². The van der Waals surface area contributed by atoms with Crippen LogP contribution in [0.25, 0.3) is 0 Å². The molecule has 0 spiro atoms. The Morgan fingerprint density at radius 3 is 2.65 bits per heavy atom. The monoisotopic (exact) mass is 291 g/mol. The van der Waals surface area contributed by atoms with Crippen LogP contribution in [-0.2, 0) is 0 Å². The van der Waals surface area contributed by atoms with Gasteiger partial charge in [-0.2, -0.15) is 0 Å². The van der Waals surface area contributed by atoms with Crippen molar-refractivity contribution < 1.29 is 9.47 Å². The molecule has 1 aromatic carbocycles. The van der Waals surface area contributed by atoms with Gasteiger partial charge in [0.15, 0.2) is 0 Å². The highest BCUT2D eigenvalue weighted by molar-refractivity contribution is 7.10. The Balaban J connectivity index is 2.32. The second-order valence-electron chi connectivity index (χ2n) is 4.81. The molecule has 0 amide bonds. The SMILES string of the molecule is CNC(c1cccc(OC(C)C)c1)c1sccc1OC. The molecule has 3 nitrogen and oxygen atoms in total. The van der Waals surface area contributed by atoms with Crippen LogP contribution in [0.5, 0.6) is 11.5 Å². The van der Waals surface area contributed by atoms with Gasteiger partial charge >= 0.3 is 0 Å². The van der Waals surface area contributed by atoms with Crippen molar-refractivity contribution in [1.29, 1.82) is 0 Å². The smallest absolute Gasteiger partial charge is 0.134 e. The summed E-state index contributed by atoms with van der Waals surface area (Å²) in [7, 11) is 3.66. The van der Waals surface area contributed by atoms with Gasteiger partial charge in [-0.05, 0) is 50.0 Å². The van der Waals surface area contributed by atoms with Crippen molar-refractivity contribution in [3.8, 4) is 11.5 Å². The first-order valence-electron chi connectivity index (χ1n) is 6.71. The molecule has 2 rings (SSSR count). The van der Waals surface area contributed by atoms with Crippen LogP contribution >= 0.6 is 11.3 Å². The van der Waals surface area contributed by atoms with E-state index < -0.39 is 0 Å². The van der Waals surface area contributed by atoms with E-state index in [1.54, 1.807) is 18.4 Å². The van der Waals surface area contributed by atoms with E-state index in [1.807, 2.05) is 44.5 Å². The van der Waals surface area contributed by atoms with E-state index in [2.05, 4.69) is 17.4 Å². The van der Waals surface area contributed by atoms with Crippen molar-refractivity contribution in [2.45, 2.75) is 26.0 Å². The summed E-state index contributed by atoms with van der Waals surface area (Å²) in [6.07, 6.45) is 0.176. The Morgan fingerprint density at radius 2 is 2.00 bits per heavy atom. The summed E-state index contributed by atoms with van der Waals surface area (Å²) in [4.78, 5) is 1.18. The van der Waals surface area contributed by atoms with Crippen LogP contribution in [-0.4, -0.2) is 20.3 Å². The zero-order chi connectivity index (χ0) is 14.5. The summed E-state index contributed by atoms with van der Waals surface area (Å²) in [5.74, 6) is 1.82. The van der Waals surface area contributed by atoms with Gasteiger partial charge in [-0.1, -0.05) is 12.1 Å². The lowest BCUT2D eigenvalue weighted by molar-refractivity contribution is 0.242. The Morgan fingerprint density at radius 1 is 1.20 bits per heavy atom. The minimum Gasteiger partial charge on any atom is -0.496 e. The number of nitrogens with one attached hydrogen (secondary N) is 1. The number of hydrogen-bond donors (Lipinski definition) is 1. The lowest BCUT2D eigenvalue weighted by Gasteiger charge is -2.18. The van der Waals surface area contributed by atoms with Gasteiger partial charge in [0.25, 0.3) is 0 Å². The number of ether oxygens (including phenoxy) is 2. The minimum absolute atomic E-state index is 0.112. The van der Waals surface area contributed by atoms with E-state index in [0.717, 1.165) is 11.5 Å². The fourth-order valence-corrected chi connectivity index (χ4v) is 3.17. The number of rotatable bonds is 6. The maximum Gasteiger partial charge on any atom is 0.134 e. The van der Waals surface area contributed by atoms with E-state index in [-0.39, 0.29) is 12.1 Å². The Kier molecular flexibility index (Phi) is 5.04. The van der Waals surface area contributed by atoms with E-state index in [4.69, 9.17) is 9.47 Å². The molecular formula is C16H21NO2S. The molecule has 4 heteroatoms. The van der Waals surface area contributed by atoms with Gasteiger partial charge in [0.05, 0.1) is 24.1 Å². The molecule has 0 aliphatic carbocycles. The van der Waals surface area contributed by atoms with Crippen LogP contribution in [0.3, 0.4) is 0 Å². The van der Waals surface area contributed by atoms with Crippen molar-refractivity contribution in [3.05, 3.63) is 46.2 Å². The molecule has 1 unspecified atom stereocenters. The van der Waals surface area contributed by atoms with E-state index >= 15 is 0 Å². The largest absolute Gasteiger partial charge is 0.496 e. The van der Waals surface area contributed by atoms with Gasteiger partial charge in [-0.25, -0.2) is 0 Å². The van der Waals surface area contributed by atoms with Crippen molar-refractivity contribution in [1.82, 2.24) is 5.32 Å². The lowest BCUT2D eigenvalue weighted by atomic mass is 10.0. The zero-order valence-electron chi connectivity index (χ0n) is 12.3. The molecule has 2 aromatic rings. The fourth-order valence-electron chi connectivity index (χ4n) is 2.18. The molecule has 0 radical (unpaired) electrons. The Hall–Kier alpha value is -1.52. The van der Waals surface area contributed by atoms with Crippen LogP contribution in [0.2, 0.25) is 0 Å². The van der Waals surface area contributed by atoms with Crippen LogP contribution in [0.4, 0.5) is 0 Å². The topological polar surface area (TPSA) is 30.5 Å². The van der Waals surface area contributed by atoms with Crippen molar-refractivity contribution in [2.24, 2.45) is 0 Å². The maximum atomic E-state index is 5.77. The molecule has 20 heavy (non-hydrogen) atoms. The zero-order valence-corrected chi connectivity index (χ0v) is 13.2. The summed E-state index contributed by atoms with van der Waals surface area (Å²) in [5, 5.41) is 5.40. The summed E-state index contributed by atoms with van der Waals surface area (Å²) in [6.45, 7) is 4.06. The predicted octanol–water partition coefficient (Wildman–Crippen LogP) is 3.85. The van der Waals surface area contributed by atoms with E-state index in [1.165, 1.54) is 10.4 Å². The third kappa shape index (κ3) is 3.32. The summed E-state index contributed by atoms with van der Waals surface area (Å²) < 4.78 is 11.2. The molecule has 1 aromatic heterocycles. The number of thiophene rings is 1. The number of methoxy groups -OCH3 is 1. The third-order valence-electron chi connectivity index (χ3n) is 2.99. The molecule has 0 bridgehead atoms. The average molecular weight is 291 g/mol. The minimum atomic E-state index is 0.112. The quantitative estimate of drug-likeness (QED) is 0.877. The Bertz CT molecular complexity index is 551. The Labute approximate surface area is 124 Å². The van der Waals surface area contributed by atoms with Gasteiger partial charge in [0.2, 0.25) is 0 Å². The highest BCUT2D eigenvalue weighted by atomic mass is 32.1. The second kappa shape index (κ2) is 6.77. The standard InChI is InChI=1S/C16H21NO2S/c1-11(2)19-13-7-5-6-12(10-13)15(17-3)16-14(18-4)8-9-20-16/h5-11,15,17H,1-4H3. The highest BCUT2D eigenvalue weighted by Crippen LogP contribution is 2.35. The van der Waals surface area contributed by atoms with E-state index in [9.17, 15) is 0 Å². The van der Waals surface area contributed by atoms with Gasteiger partial charge < -0.3 is 14.8 Å². The van der Waals surface area contributed by atoms with Crippen molar-refractivity contribution in [3.63, 3.8) is 0 Å². The molecule has 108 valence electrons.